The molecule has 0 aliphatic carbocycles. The van der Waals surface area contributed by atoms with Crippen LogP contribution in [0.4, 0.5) is 10.1 Å². The molecule has 0 spiro atoms. The fourth-order valence-electron chi connectivity index (χ4n) is 4.12. The van der Waals surface area contributed by atoms with Crippen molar-refractivity contribution in [2.24, 2.45) is 0 Å². The Balaban J connectivity index is 1.47. The van der Waals surface area contributed by atoms with E-state index in [1.165, 1.54) is 6.07 Å². The Bertz CT molecular complexity index is 1310. The molecule has 0 bridgehead atoms. The van der Waals surface area contributed by atoms with Gasteiger partial charge in [0.15, 0.2) is 11.5 Å². The van der Waals surface area contributed by atoms with Gasteiger partial charge in [-0.15, -0.1) is 0 Å². The first-order chi connectivity index (χ1) is 15.5. The summed E-state index contributed by atoms with van der Waals surface area (Å²) in [6, 6.07) is 4.82. The predicted octanol–water partition coefficient (Wildman–Crippen LogP) is 3.53. The molecule has 3 aromatic heterocycles. The number of nitrogens with one attached hydrogen (secondary N) is 2. The zero-order valence-electron chi connectivity index (χ0n) is 18.1. The molecule has 166 valence electrons. The quantitative estimate of drug-likeness (QED) is 0.500. The summed E-state index contributed by atoms with van der Waals surface area (Å²) >= 11 is 0. The van der Waals surface area contributed by atoms with Gasteiger partial charge in [0.2, 0.25) is 0 Å². The number of pyridine rings is 1. The molecule has 1 saturated heterocycles. The maximum Gasteiger partial charge on any atom is 0.257 e. The molecule has 0 atom stereocenters. The highest BCUT2D eigenvalue weighted by Crippen LogP contribution is 2.30. The second kappa shape index (κ2) is 8.23. The minimum Gasteiger partial charge on any atom is -0.490 e. The lowest BCUT2D eigenvalue weighted by atomic mass is 10.1. The smallest absolute Gasteiger partial charge is 0.257 e. The third-order valence-electron chi connectivity index (χ3n) is 5.72. The molecule has 1 aliphatic rings. The van der Waals surface area contributed by atoms with Gasteiger partial charge in [0, 0.05) is 31.2 Å². The maximum atomic E-state index is 14.4. The summed E-state index contributed by atoms with van der Waals surface area (Å²) in [6.45, 7) is 6.31. The molecule has 1 aromatic carbocycles. The molecule has 8 nitrogen and oxygen atoms in total. The molecular weight excluding hydrogens is 411 g/mol. The molecule has 1 amide bonds. The molecule has 0 saturated carbocycles. The molecule has 9 heteroatoms. The lowest BCUT2D eigenvalue weighted by Gasteiger charge is -2.24. The molecule has 32 heavy (non-hydrogen) atoms. The number of hydrogen-bond donors (Lipinski definition) is 2. The minimum absolute atomic E-state index is 0.137. The van der Waals surface area contributed by atoms with Crippen molar-refractivity contribution in [2.45, 2.75) is 39.3 Å². The normalized spacial score (nSPS) is 14.8. The van der Waals surface area contributed by atoms with Crippen molar-refractivity contribution >= 4 is 28.1 Å². The van der Waals surface area contributed by atoms with E-state index < -0.39 is 5.82 Å². The van der Waals surface area contributed by atoms with Crippen LogP contribution < -0.4 is 15.4 Å². The number of fused-ring (bicyclic) bond motifs is 2. The van der Waals surface area contributed by atoms with Crippen LogP contribution in [0.2, 0.25) is 0 Å². The first-order valence-corrected chi connectivity index (χ1v) is 10.9. The summed E-state index contributed by atoms with van der Waals surface area (Å²) in [6.07, 6.45) is 7.27. The number of ether oxygens (including phenoxy) is 1. The molecular formula is C23H25FN6O2. The van der Waals surface area contributed by atoms with E-state index in [0.29, 0.717) is 29.0 Å². The van der Waals surface area contributed by atoms with E-state index >= 15 is 0 Å². The standard InChI is InChI=1S/C23H25FN6O2/c1-3-30-13-18-20(32-16-6-8-25-9-7-16)5-4-17(21(18)28-30)23(31)27-15-10-19(24)22-26-14(2)11-29(22)12-15/h4-5,10-13,16,25H,3,6-9H2,1-2H3,(H,27,31). The Morgan fingerprint density at radius 2 is 2.09 bits per heavy atom. The van der Waals surface area contributed by atoms with Gasteiger partial charge in [0.05, 0.1) is 22.3 Å². The van der Waals surface area contributed by atoms with Crippen LogP contribution >= 0.6 is 0 Å². The second-order valence-corrected chi connectivity index (χ2v) is 8.07. The summed E-state index contributed by atoms with van der Waals surface area (Å²) in [5, 5.41) is 11.5. The first-order valence-electron chi connectivity index (χ1n) is 10.9. The highest BCUT2D eigenvalue weighted by molar-refractivity contribution is 6.12. The van der Waals surface area contributed by atoms with Gasteiger partial charge in [-0.2, -0.15) is 5.10 Å². The maximum absolute atomic E-state index is 14.4. The van der Waals surface area contributed by atoms with Crippen LogP contribution in [0.1, 0.15) is 35.8 Å². The van der Waals surface area contributed by atoms with Crippen LogP contribution in [0, 0.1) is 12.7 Å². The van der Waals surface area contributed by atoms with E-state index in [0.717, 1.165) is 37.1 Å². The van der Waals surface area contributed by atoms with Gasteiger partial charge in [0.1, 0.15) is 17.4 Å². The third-order valence-corrected chi connectivity index (χ3v) is 5.72. The molecule has 4 aromatic rings. The van der Waals surface area contributed by atoms with Crippen molar-refractivity contribution in [3.05, 3.63) is 53.9 Å². The lowest BCUT2D eigenvalue weighted by molar-refractivity contribution is 0.102. The number of hydrogen-bond acceptors (Lipinski definition) is 5. The van der Waals surface area contributed by atoms with E-state index in [1.807, 2.05) is 19.2 Å². The number of aryl methyl sites for hydroxylation is 2. The van der Waals surface area contributed by atoms with E-state index in [1.54, 1.807) is 34.5 Å². The summed E-state index contributed by atoms with van der Waals surface area (Å²) in [5.74, 6) is -0.133. The number of imidazole rings is 1. The summed E-state index contributed by atoms with van der Waals surface area (Å²) in [4.78, 5) is 17.3. The molecule has 5 rings (SSSR count). The van der Waals surface area contributed by atoms with Crippen LogP contribution in [0.3, 0.4) is 0 Å². The van der Waals surface area contributed by atoms with Crippen molar-refractivity contribution in [3.8, 4) is 5.75 Å². The summed E-state index contributed by atoms with van der Waals surface area (Å²) < 4.78 is 24.0. The monoisotopic (exact) mass is 436 g/mol. The van der Waals surface area contributed by atoms with E-state index in [-0.39, 0.29) is 17.7 Å². The van der Waals surface area contributed by atoms with Gasteiger partial charge >= 0.3 is 0 Å². The van der Waals surface area contributed by atoms with Crippen LogP contribution in [-0.4, -0.2) is 44.3 Å². The van der Waals surface area contributed by atoms with Gasteiger partial charge < -0.3 is 19.8 Å². The number of nitrogens with zero attached hydrogens (tertiary/aromatic N) is 4. The van der Waals surface area contributed by atoms with Gasteiger partial charge in [-0.1, -0.05) is 0 Å². The van der Waals surface area contributed by atoms with Crippen molar-refractivity contribution in [2.75, 3.05) is 18.4 Å². The highest BCUT2D eigenvalue weighted by atomic mass is 19.1. The number of aromatic nitrogens is 4. The molecule has 0 unspecified atom stereocenters. The number of anilines is 1. The number of benzene rings is 1. The number of halogens is 1. The fraction of sp³-hybridized carbons (Fsp3) is 0.348. The Hall–Kier alpha value is -3.46. The number of carbonyl (C=O) groups excluding carboxylic acids is 1. The van der Waals surface area contributed by atoms with Crippen molar-refractivity contribution in [1.82, 2.24) is 24.5 Å². The third kappa shape index (κ3) is 3.80. The fourth-order valence-corrected chi connectivity index (χ4v) is 4.12. The van der Waals surface area contributed by atoms with Gasteiger partial charge in [-0.25, -0.2) is 9.37 Å². The van der Waals surface area contributed by atoms with Gasteiger partial charge in [-0.05, 0) is 51.9 Å². The highest BCUT2D eigenvalue weighted by Gasteiger charge is 2.21. The molecule has 4 heterocycles. The van der Waals surface area contributed by atoms with E-state index in [4.69, 9.17) is 4.74 Å². The topological polar surface area (TPSA) is 85.5 Å². The zero-order valence-corrected chi connectivity index (χ0v) is 18.1. The number of carbonyl (C=O) groups is 1. The largest absolute Gasteiger partial charge is 0.490 e. The first kappa shape index (κ1) is 20.4. The van der Waals surface area contributed by atoms with E-state index in [9.17, 15) is 9.18 Å². The molecule has 1 aliphatic heterocycles. The second-order valence-electron chi connectivity index (χ2n) is 8.07. The Labute approximate surface area is 184 Å². The molecule has 0 radical (unpaired) electrons. The van der Waals surface area contributed by atoms with Crippen LogP contribution in [0.25, 0.3) is 16.6 Å². The van der Waals surface area contributed by atoms with Crippen LogP contribution in [-0.2, 0) is 6.54 Å². The predicted molar refractivity (Wildman–Crippen MR) is 120 cm³/mol. The van der Waals surface area contributed by atoms with Crippen LogP contribution in [0.5, 0.6) is 5.75 Å². The van der Waals surface area contributed by atoms with Gasteiger partial charge in [-0.3, -0.25) is 9.48 Å². The lowest BCUT2D eigenvalue weighted by Crippen LogP contribution is -2.34. The minimum atomic E-state index is -0.498. The SMILES string of the molecule is CCn1cc2c(OC3CCNCC3)ccc(C(=O)Nc3cc(F)c4nc(C)cn4c3)c2n1. The van der Waals surface area contributed by atoms with Crippen LogP contribution in [0.15, 0.2) is 36.8 Å². The summed E-state index contributed by atoms with van der Waals surface area (Å²) in [7, 11) is 0. The Morgan fingerprint density at radius 3 is 2.88 bits per heavy atom. The van der Waals surface area contributed by atoms with Crippen molar-refractivity contribution < 1.29 is 13.9 Å². The average molecular weight is 436 g/mol. The number of rotatable bonds is 5. The van der Waals surface area contributed by atoms with Crippen molar-refractivity contribution in [1.29, 1.82) is 0 Å². The number of piperidine rings is 1. The summed E-state index contributed by atoms with van der Waals surface area (Å²) in [5.41, 5.74) is 2.24. The molecule has 1 fully saturated rings. The van der Waals surface area contributed by atoms with Crippen molar-refractivity contribution in [3.63, 3.8) is 0 Å². The van der Waals surface area contributed by atoms with Gasteiger partial charge in [0.25, 0.3) is 5.91 Å². The van der Waals surface area contributed by atoms with E-state index in [2.05, 4.69) is 20.7 Å². The average Bonchev–Trinajstić information content (AvgIpc) is 3.38. The number of amides is 1. The Morgan fingerprint density at radius 1 is 1.28 bits per heavy atom. The molecule has 2 N–H and O–H groups in total. The zero-order chi connectivity index (χ0) is 22.2. The Kier molecular flexibility index (Phi) is 5.26.